The molecular formula is C15H18Cl2N2O2. The Bertz CT molecular complexity index is 575. The van der Waals surface area contributed by atoms with Gasteiger partial charge in [-0.1, -0.05) is 35.3 Å². The van der Waals surface area contributed by atoms with Gasteiger partial charge in [0.25, 0.3) is 0 Å². The predicted octanol–water partition coefficient (Wildman–Crippen LogP) is 3.87. The van der Waals surface area contributed by atoms with Gasteiger partial charge in [-0.15, -0.1) is 0 Å². The maximum absolute atomic E-state index is 12.0. The van der Waals surface area contributed by atoms with E-state index in [9.17, 15) is 4.79 Å². The number of carbonyl (C=O) groups is 1. The van der Waals surface area contributed by atoms with Gasteiger partial charge in [0.1, 0.15) is 0 Å². The fourth-order valence-corrected chi connectivity index (χ4v) is 2.58. The third-order valence-corrected chi connectivity index (χ3v) is 4.53. The first kappa shape index (κ1) is 16.3. The topological polar surface area (TPSA) is 41.9 Å². The average Bonchev–Trinajstić information content (AvgIpc) is 2.44. The standard InChI is InChI=1S/C15H18Cl2N2O2/c1-9-8-19(3)10(2)6-14(9)18-21-15(20)11-4-5-12(16)13(17)7-11/h4-5,7,9-10H,6,8H2,1-3H3/t9-,10-/m1/s1. The van der Waals surface area contributed by atoms with Crippen LogP contribution in [0.3, 0.4) is 0 Å². The zero-order chi connectivity index (χ0) is 15.6. The van der Waals surface area contributed by atoms with Crippen LogP contribution in [0.4, 0.5) is 0 Å². The van der Waals surface area contributed by atoms with Gasteiger partial charge in [0, 0.05) is 24.9 Å². The Kier molecular flexibility index (Phi) is 5.25. The molecule has 2 atom stereocenters. The number of piperidine rings is 1. The van der Waals surface area contributed by atoms with E-state index in [1.807, 2.05) is 0 Å². The SMILES string of the molecule is C[C@@H]1CN(C)[C@H](C)CC1=NOC(=O)c1ccc(Cl)c(Cl)c1. The zero-order valence-corrected chi connectivity index (χ0v) is 13.8. The molecule has 1 aromatic rings. The van der Waals surface area contributed by atoms with E-state index in [1.54, 1.807) is 12.1 Å². The number of rotatable bonds is 2. The van der Waals surface area contributed by atoms with Crippen molar-refractivity contribution in [3.8, 4) is 0 Å². The minimum absolute atomic E-state index is 0.271. The van der Waals surface area contributed by atoms with Crippen LogP contribution in [0.1, 0.15) is 30.6 Å². The molecule has 1 heterocycles. The molecule has 4 nitrogen and oxygen atoms in total. The number of hydrogen-bond donors (Lipinski definition) is 0. The fraction of sp³-hybridized carbons (Fsp3) is 0.467. The lowest BCUT2D eigenvalue weighted by Crippen LogP contribution is -2.43. The summed E-state index contributed by atoms with van der Waals surface area (Å²) in [5.74, 6) is -0.257. The van der Waals surface area contributed by atoms with Crippen LogP contribution in [0.5, 0.6) is 0 Å². The highest BCUT2D eigenvalue weighted by molar-refractivity contribution is 6.42. The van der Waals surface area contributed by atoms with E-state index in [1.165, 1.54) is 6.07 Å². The van der Waals surface area contributed by atoms with E-state index in [0.717, 1.165) is 18.7 Å². The van der Waals surface area contributed by atoms with Crippen LogP contribution in [0, 0.1) is 5.92 Å². The third kappa shape index (κ3) is 3.96. The first-order chi connectivity index (χ1) is 9.88. The van der Waals surface area contributed by atoms with Crippen molar-refractivity contribution >= 4 is 34.9 Å². The Morgan fingerprint density at radius 3 is 2.71 bits per heavy atom. The molecule has 0 saturated carbocycles. The van der Waals surface area contributed by atoms with Crippen molar-refractivity contribution in [3.05, 3.63) is 33.8 Å². The first-order valence-electron chi connectivity index (χ1n) is 6.82. The zero-order valence-electron chi connectivity index (χ0n) is 12.3. The predicted molar refractivity (Wildman–Crippen MR) is 85.2 cm³/mol. The fourth-order valence-electron chi connectivity index (χ4n) is 2.28. The highest BCUT2D eigenvalue weighted by Crippen LogP contribution is 2.23. The second-order valence-corrected chi connectivity index (χ2v) is 6.30. The minimum Gasteiger partial charge on any atom is -0.313 e. The number of likely N-dealkylation sites (tertiary alicyclic amines) is 1. The monoisotopic (exact) mass is 328 g/mol. The van der Waals surface area contributed by atoms with Gasteiger partial charge in [0.05, 0.1) is 21.3 Å². The van der Waals surface area contributed by atoms with Gasteiger partial charge in [-0.05, 0) is 32.2 Å². The van der Waals surface area contributed by atoms with Crippen LogP contribution >= 0.6 is 23.2 Å². The van der Waals surface area contributed by atoms with E-state index >= 15 is 0 Å². The molecule has 0 amide bonds. The molecule has 0 spiro atoms. The van der Waals surface area contributed by atoms with Crippen LogP contribution in [-0.2, 0) is 4.84 Å². The van der Waals surface area contributed by atoms with Gasteiger partial charge in [0.2, 0.25) is 0 Å². The summed E-state index contributed by atoms with van der Waals surface area (Å²) in [5.41, 5.74) is 1.25. The van der Waals surface area contributed by atoms with Gasteiger partial charge < -0.3 is 9.74 Å². The molecule has 1 aromatic carbocycles. The Morgan fingerprint density at radius 2 is 2.05 bits per heavy atom. The first-order valence-corrected chi connectivity index (χ1v) is 7.57. The second kappa shape index (κ2) is 6.77. The van der Waals surface area contributed by atoms with Crippen molar-refractivity contribution < 1.29 is 9.63 Å². The van der Waals surface area contributed by atoms with Crippen LogP contribution in [0.15, 0.2) is 23.4 Å². The van der Waals surface area contributed by atoms with Gasteiger partial charge in [0.15, 0.2) is 0 Å². The summed E-state index contributed by atoms with van der Waals surface area (Å²) < 4.78 is 0. The van der Waals surface area contributed by atoms with E-state index in [-0.39, 0.29) is 5.92 Å². The number of benzene rings is 1. The van der Waals surface area contributed by atoms with E-state index < -0.39 is 5.97 Å². The van der Waals surface area contributed by atoms with Crippen molar-refractivity contribution in [2.45, 2.75) is 26.3 Å². The van der Waals surface area contributed by atoms with Gasteiger partial charge in [-0.3, -0.25) is 0 Å². The maximum Gasteiger partial charge on any atom is 0.365 e. The Morgan fingerprint density at radius 1 is 1.33 bits per heavy atom. The number of hydrogen-bond acceptors (Lipinski definition) is 4. The molecule has 2 rings (SSSR count). The molecule has 0 N–H and O–H groups in total. The van der Waals surface area contributed by atoms with Crippen LogP contribution in [-0.4, -0.2) is 36.2 Å². The molecule has 114 valence electrons. The lowest BCUT2D eigenvalue weighted by Gasteiger charge is -2.34. The summed E-state index contributed by atoms with van der Waals surface area (Å²) in [7, 11) is 2.08. The molecule has 1 saturated heterocycles. The van der Waals surface area contributed by atoms with Gasteiger partial charge >= 0.3 is 5.97 Å². The summed E-state index contributed by atoms with van der Waals surface area (Å²) in [5, 5.41) is 4.76. The average molecular weight is 329 g/mol. The molecule has 0 unspecified atom stereocenters. The summed E-state index contributed by atoms with van der Waals surface area (Å²) in [6, 6.07) is 5.00. The maximum atomic E-state index is 12.0. The lowest BCUT2D eigenvalue weighted by molar-refractivity contribution is 0.0508. The van der Waals surface area contributed by atoms with Crippen molar-refractivity contribution in [2.24, 2.45) is 11.1 Å². The molecular weight excluding hydrogens is 311 g/mol. The molecule has 21 heavy (non-hydrogen) atoms. The molecule has 0 bridgehead atoms. The number of nitrogens with zero attached hydrogens (tertiary/aromatic N) is 2. The Balaban J connectivity index is 2.05. The highest BCUT2D eigenvalue weighted by atomic mass is 35.5. The lowest BCUT2D eigenvalue weighted by atomic mass is 9.93. The Labute approximate surface area is 134 Å². The number of carbonyl (C=O) groups excluding carboxylic acids is 1. The van der Waals surface area contributed by atoms with Crippen LogP contribution in [0.25, 0.3) is 0 Å². The van der Waals surface area contributed by atoms with Crippen LogP contribution < -0.4 is 0 Å². The van der Waals surface area contributed by atoms with Crippen molar-refractivity contribution in [3.63, 3.8) is 0 Å². The molecule has 1 aliphatic heterocycles. The normalized spacial score (nSPS) is 25.1. The molecule has 0 aliphatic carbocycles. The molecule has 1 aliphatic rings. The number of oxime groups is 1. The van der Waals surface area contributed by atoms with Gasteiger partial charge in [-0.25, -0.2) is 4.79 Å². The third-order valence-electron chi connectivity index (χ3n) is 3.79. The number of halogens is 2. The van der Waals surface area contributed by atoms with Crippen molar-refractivity contribution in [2.75, 3.05) is 13.6 Å². The van der Waals surface area contributed by atoms with Crippen LogP contribution in [0.2, 0.25) is 10.0 Å². The molecule has 6 heteroatoms. The largest absolute Gasteiger partial charge is 0.365 e. The van der Waals surface area contributed by atoms with Gasteiger partial charge in [-0.2, -0.15) is 0 Å². The summed E-state index contributed by atoms with van der Waals surface area (Å²) in [4.78, 5) is 19.3. The smallest absolute Gasteiger partial charge is 0.313 e. The van der Waals surface area contributed by atoms with E-state index in [0.29, 0.717) is 21.7 Å². The second-order valence-electron chi connectivity index (χ2n) is 5.48. The summed E-state index contributed by atoms with van der Waals surface area (Å²) >= 11 is 11.7. The Hall–Kier alpha value is -1.10. The minimum atomic E-state index is -0.528. The summed E-state index contributed by atoms with van der Waals surface area (Å²) in [6.45, 7) is 5.11. The quantitative estimate of drug-likeness (QED) is 0.611. The highest BCUT2D eigenvalue weighted by Gasteiger charge is 2.26. The summed E-state index contributed by atoms with van der Waals surface area (Å²) in [6.07, 6.45) is 0.798. The molecule has 1 fully saturated rings. The molecule has 0 radical (unpaired) electrons. The van der Waals surface area contributed by atoms with Crippen molar-refractivity contribution in [1.82, 2.24) is 4.90 Å². The van der Waals surface area contributed by atoms with E-state index in [4.69, 9.17) is 28.0 Å². The van der Waals surface area contributed by atoms with E-state index in [2.05, 4.69) is 31.0 Å². The molecule has 0 aromatic heterocycles. The van der Waals surface area contributed by atoms with Crippen molar-refractivity contribution in [1.29, 1.82) is 0 Å².